The highest BCUT2D eigenvalue weighted by molar-refractivity contribution is 5.79. The number of halogens is 2. The summed E-state index contributed by atoms with van der Waals surface area (Å²) < 4.78 is 30.6. The van der Waals surface area contributed by atoms with Crippen LogP contribution in [0, 0.1) is 0 Å². The monoisotopic (exact) mass is 262 g/mol. The smallest absolute Gasteiger partial charge is 0.377 e. The van der Waals surface area contributed by atoms with Gasteiger partial charge in [-0.2, -0.15) is 8.78 Å². The third-order valence-corrected chi connectivity index (χ3v) is 3.90. The maximum absolute atomic E-state index is 13.0. The molecule has 104 valence electrons. The molecule has 2 rings (SSSR count). The fourth-order valence-electron chi connectivity index (χ4n) is 2.54. The average Bonchev–Trinajstić information content (AvgIpc) is 2.55. The van der Waals surface area contributed by atoms with Crippen molar-refractivity contribution in [3.8, 4) is 0 Å². The molecule has 0 spiro atoms. The number of cyclic esters (lactones) is 1. The van der Waals surface area contributed by atoms with Crippen molar-refractivity contribution in [2.24, 2.45) is 0 Å². The Morgan fingerprint density at radius 2 is 2.28 bits per heavy atom. The number of likely N-dealkylation sites (tertiary alicyclic amines) is 1. The number of esters is 1. The lowest BCUT2D eigenvalue weighted by Crippen LogP contribution is -2.47. The number of hydrogen-bond acceptors (Lipinski definition) is 4. The van der Waals surface area contributed by atoms with Crippen molar-refractivity contribution in [1.29, 1.82) is 0 Å². The van der Waals surface area contributed by atoms with Gasteiger partial charge in [0.15, 0.2) is 0 Å². The van der Waals surface area contributed by atoms with Crippen molar-refractivity contribution in [2.45, 2.75) is 50.3 Å². The fourth-order valence-corrected chi connectivity index (χ4v) is 2.54. The Morgan fingerprint density at radius 3 is 2.83 bits per heavy atom. The number of carbonyl (C=O) groups is 1. The number of carbonyl (C=O) groups excluding carboxylic acids is 1. The van der Waals surface area contributed by atoms with E-state index in [-0.39, 0.29) is 0 Å². The number of hydrogen-bond donors (Lipinski definition) is 1. The van der Waals surface area contributed by atoms with E-state index in [4.69, 9.17) is 0 Å². The van der Waals surface area contributed by atoms with Gasteiger partial charge >= 0.3 is 11.9 Å². The van der Waals surface area contributed by atoms with E-state index in [1.165, 1.54) is 0 Å². The van der Waals surface area contributed by atoms with Gasteiger partial charge in [-0.05, 0) is 33.4 Å². The van der Waals surface area contributed by atoms with Gasteiger partial charge in [-0.3, -0.25) is 0 Å². The molecule has 1 N–H and O–H groups in total. The fraction of sp³-hybridized carbons (Fsp3) is 0.917. The Kier molecular flexibility index (Phi) is 3.87. The second-order valence-corrected chi connectivity index (χ2v) is 5.40. The van der Waals surface area contributed by atoms with Crippen molar-refractivity contribution < 1.29 is 18.3 Å². The van der Waals surface area contributed by atoms with Gasteiger partial charge in [0.25, 0.3) is 0 Å². The van der Waals surface area contributed by atoms with Crippen LogP contribution in [0.15, 0.2) is 0 Å². The van der Waals surface area contributed by atoms with E-state index in [2.05, 4.69) is 28.9 Å². The zero-order valence-corrected chi connectivity index (χ0v) is 10.8. The van der Waals surface area contributed by atoms with Gasteiger partial charge in [-0.1, -0.05) is 0 Å². The molecule has 0 saturated carbocycles. The quantitative estimate of drug-likeness (QED) is 0.771. The molecule has 0 aromatic carbocycles. The van der Waals surface area contributed by atoms with Gasteiger partial charge in [0.05, 0.1) is 6.42 Å². The van der Waals surface area contributed by atoms with Crippen LogP contribution in [-0.4, -0.2) is 55.1 Å². The number of nitrogens with one attached hydrogen (secondary N) is 1. The van der Waals surface area contributed by atoms with Gasteiger partial charge in [0.2, 0.25) is 0 Å². The zero-order chi connectivity index (χ0) is 13.3. The molecule has 3 atom stereocenters. The van der Waals surface area contributed by atoms with E-state index in [9.17, 15) is 13.6 Å². The molecule has 18 heavy (non-hydrogen) atoms. The van der Waals surface area contributed by atoms with Crippen molar-refractivity contribution in [1.82, 2.24) is 10.2 Å². The summed E-state index contributed by atoms with van der Waals surface area (Å²) in [6.45, 7) is 3.47. The van der Waals surface area contributed by atoms with E-state index >= 15 is 0 Å². The standard InChI is InChI=1S/C12H20F2N2O2/c1-8-5-9(3-4-16(8)2)15-7-10-6-12(13,14)11(17)18-10/h8-10,15H,3-7H2,1-2H3. The number of piperidine rings is 1. The highest BCUT2D eigenvalue weighted by Gasteiger charge is 2.50. The molecular weight excluding hydrogens is 242 g/mol. The highest BCUT2D eigenvalue weighted by Crippen LogP contribution is 2.30. The van der Waals surface area contributed by atoms with Crippen LogP contribution in [0.5, 0.6) is 0 Å². The first-order valence-electron chi connectivity index (χ1n) is 6.41. The molecule has 2 aliphatic heterocycles. The molecule has 4 nitrogen and oxygen atoms in total. The first-order chi connectivity index (χ1) is 8.38. The summed E-state index contributed by atoms with van der Waals surface area (Å²) in [7, 11) is 2.08. The molecule has 0 amide bonds. The topological polar surface area (TPSA) is 41.6 Å². The molecule has 2 aliphatic rings. The molecule has 2 saturated heterocycles. The first-order valence-corrected chi connectivity index (χ1v) is 6.41. The Morgan fingerprint density at radius 1 is 1.56 bits per heavy atom. The molecule has 2 fully saturated rings. The molecule has 2 heterocycles. The molecule has 0 radical (unpaired) electrons. The van der Waals surface area contributed by atoms with Crippen molar-refractivity contribution in [3.05, 3.63) is 0 Å². The molecule has 0 aromatic rings. The van der Waals surface area contributed by atoms with Crippen molar-refractivity contribution in [3.63, 3.8) is 0 Å². The second-order valence-electron chi connectivity index (χ2n) is 5.40. The second kappa shape index (κ2) is 5.09. The van der Waals surface area contributed by atoms with Crippen LogP contribution in [-0.2, 0) is 9.53 Å². The SMILES string of the molecule is CC1CC(NCC2CC(F)(F)C(=O)O2)CCN1C. The van der Waals surface area contributed by atoms with Crippen LogP contribution >= 0.6 is 0 Å². The molecule has 0 aromatic heterocycles. The third kappa shape index (κ3) is 2.98. The van der Waals surface area contributed by atoms with E-state index in [1.54, 1.807) is 0 Å². The maximum atomic E-state index is 13.0. The van der Waals surface area contributed by atoms with Crippen LogP contribution in [0.1, 0.15) is 26.2 Å². The zero-order valence-electron chi connectivity index (χ0n) is 10.8. The average molecular weight is 262 g/mol. The third-order valence-electron chi connectivity index (χ3n) is 3.90. The number of ether oxygens (including phenoxy) is 1. The minimum absolute atomic E-state index is 0.322. The molecule has 0 aliphatic carbocycles. The highest BCUT2D eigenvalue weighted by atomic mass is 19.3. The number of rotatable bonds is 3. The van der Waals surface area contributed by atoms with E-state index in [1.807, 2.05) is 0 Å². The summed E-state index contributed by atoms with van der Waals surface area (Å²) in [4.78, 5) is 13.1. The summed E-state index contributed by atoms with van der Waals surface area (Å²) in [5.74, 6) is -4.68. The van der Waals surface area contributed by atoms with E-state index < -0.39 is 24.4 Å². The summed E-state index contributed by atoms with van der Waals surface area (Å²) in [5.41, 5.74) is 0. The normalized spacial score (nSPS) is 36.7. The van der Waals surface area contributed by atoms with Gasteiger partial charge in [0, 0.05) is 18.6 Å². The molecule has 0 bridgehead atoms. The predicted molar refractivity (Wildman–Crippen MR) is 62.6 cm³/mol. The molecular formula is C12H20F2N2O2. The molecule has 3 unspecified atom stereocenters. The van der Waals surface area contributed by atoms with Crippen LogP contribution < -0.4 is 5.32 Å². The van der Waals surface area contributed by atoms with Crippen LogP contribution in [0.25, 0.3) is 0 Å². The number of nitrogens with zero attached hydrogens (tertiary/aromatic N) is 1. The Balaban J connectivity index is 1.75. The maximum Gasteiger partial charge on any atom is 0.377 e. The van der Waals surface area contributed by atoms with Crippen LogP contribution in [0.3, 0.4) is 0 Å². The largest absolute Gasteiger partial charge is 0.456 e. The van der Waals surface area contributed by atoms with E-state index in [0.29, 0.717) is 18.6 Å². The van der Waals surface area contributed by atoms with Crippen molar-refractivity contribution in [2.75, 3.05) is 20.1 Å². The summed E-state index contributed by atoms with van der Waals surface area (Å²) in [6.07, 6.45) is 0.800. The van der Waals surface area contributed by atoms with Crippen LogP contribution in [0.2, 0.25) is 0 Å². The van der Waals surface area contributed by atoms with Crippen LogP contribution in [0.4, 0.5) is 8.78 Å². The van der Waals surface area contributed by atoms with Gasteiger partial charge < -0.3 is 15.0 Å². The van der Waals surface area contributed by atoms with Crippen molar-refractivity contribution >= 4 is 5.97 Å². The summed E-state index contributed by atoms with van der Waals surface area (Å²) >= 11 is 0. The minimum atomic E-state index is -3.30. The lowest BCUT2D eigenvalue weighted by atomic mass is 9.99. The number of alkyl halides is 2. The van der Waals surface area contributed by atoms with Gasteiger partial charge in [-0.25, -0.2) is 4.79 Å². The Hall–Kier alpha value is -0.750. The Bertz CT molecular complexity index is 325. The Labute approximate surface area is 106 Å². The predicted octanol–water partition coefficient (Wildman–Crippen LogP) is 1.01. The summed E-state index contributed by atoms with van der Waals surface area (Å²) in [5, 5.41) is 3.24. The van der Waals surface area contributed by atoms with Gasteiger partial charge in [-0.15, -0.1) is 0 Å². The minimum Gasteiger partial charge on any atom is -0.456 e. The van der Waals surface area contributed by atoms with E-state index in [0.717, 1.165) is 19.4 Å². The summed E-state index contributed by atoms with van der Waals surface area (Å²) in [6, 6.07) is 0.813. The van der Waals surface area contributed by atoms with Gasteiger partial charge in [0.1, 0.15) is 6.10 Å². The molecule has 6 heteroatoms. The first kappa shape index (κ1) is 13.7. The lowest BCUT2D eigenvalue weighted by Gasteiger charge is -2.35. The lowest BCUT2D eigenvalue weighted by molar-refractivity contribution is -0.159.